The van der Waals surface area contributed by atoms with Gasteiger partial charge in [0.25, 0.3) is 0 Å². The van der Waals surface area contributed by atoms with Crippen molar-refractivity contribution in [1.29, 1.82) is 0 Å². The van der Waals surface area contributed by atoms with Crippen molar-refractivity contribution in [2.24, 2.45) is 0 Å². The maximum Gasteiger partial charge on any atom is 0.305 e. The van der Waals surface area contributed by atoms with E-state index in [1.54, 1.807) is 6.20 Å². The molecule has 1 N–H and O–H groups in total. The third kappa shape index (κ3) is 7.22. The minimum atomic E-state index is -0.537. The van der Waals surface area contributed by atoms with E-state index in [0.29, 0.717) is 24.8 Å². The molecule has 0 amide bonds. The normalized spacial score (nSPS) is 13.9. The first-order valence-electron chi connectivity index (χ1n) is 12.6. The molecule has 0 aliphatic heterocycles. The molecule has 1 saturated carbocycles. The van der Waals surface area contributed by atoms with Gasteiger partial charge in [0.15, 0.2) is 5.82 Å². The summed E-state index contributed by atoms with van der Waals surface area (Å²) in [5.41, 5.74) is 1.28. The van der Waals surface area contributed by atoms with E-state index >= 15 is 0 Å². The topological polar surface area (TPSA) is 104 Å². The number of aromatic nitrogens is 5. The van der Waals surface area contributed by atoms with Crippen LogP contribution in [-0.4, -0.2) is 44.6 Å². The fourth-order valence-electron chi connectivity index (χ4n) is 4.30. The highest BCUT2D eigenvalue weighted by molar-refractivity contribution is 5.69. The number of hydrogen-bond acceptors (Lipinski definition) is 8. The number of benzene rings is 1. The van der Waals surface area contributed by atoms with E-state index in [1.165, 1.54) is 26.4 Å². The maximum atomic E-state index is 14.5. The number of carbonyl (C=O) groups excluding carboxylic acids is 1. The number of ether oxygens (including phenoxy) is 2. The Morgan fingerprint density at radius 2 is 1.89 bits per heavy atom. The molecular formula is C26H33FN6O3. The molecule has 1 aromatic carbocycles. The molecule has 2 heterocycles. The summed E-state index contributed by atoms with van der Waals surface area (Å²) in [6.07, 6.45) is 12.8. The van der Waals surface area contributed by atoms with Crippen molar-refractivity contribution in [3.63, 3.8) is 0 Å². The van der Waals surface area contributed by atoms with Crippen LogP contribution in [0.4, 0.5) is 16.0 Å². The van der Waals surface area contributed by atoms with Crippen LogP contribution in [0.2, 0.25) is 0 Å². The van der Waals surface area contributed by atoms with Crippen molar-refractivity contribution < 1.29 is 18.7 Å². The van der Waals surface area contributed by atoms with Gasteiger partial charge in [-0.3, -0.25) is 4.79 Å². The van der Waals surface area contributed by atoms with Gasteiger partial charge in [-0.15, -0.1) is 5.10 Å². The number of rotatable bonds is 12. The van der Waals surface area contributed by atoms with Crippen LogP contribution in [0, 0.1) is 5.82 Å². The summed E-state index contributed by atoms with van der Waals surface area (Å²) in [5, 5.41) is 11.5. The fraction of sp³-hybridized carbons (Fsp3) is 0.500. The molecule has 0 radical (unpaired) electrons. The van der Waals surface area contributed by atoms with E-state index in [9.17, 15) is 9.18 Å². The van der Waals surface area contributed by atoms with E-state index in [1.807, 2.05) is 28.9 Å². The number of nitrogens with one attached hydrogen (secondary N) is 1. The van der Waals surface area contributed by atoms with E-state index in [4.69, 9.17) is 4.74 Å². The third-order valence-electron chi connectivity index (χ3n) is 6.33. The first-order valence-corrected chi connectivity index (χ1v) is 12.6. The van der Waals surface area contributed by atoms with Gasteiger partial charge in [0, 0.05) is 12.1 Å². The number of carbonyl (C=O) groups is 1. The van der Waals surface area contributed by atoms with Crippen molar-refractivity contribution in [2.75, 3.05) is 19.0 Å². The Morgan fingerprint density at radius 3 is 2.67 bits per heavy atom. The van der Waals surface area contributed by atoms with Gasteiger partial charge < -0.3 is 14.8 Å². The zero-order valence-electron chi connectivity index (χ0n) is 20.7. The average molecular weight is 497 g/mol. The molecule has 36 heavy (non-hydrogen) atoms. The van der Waals surface area contributed by atoms with E-state index in [-0.39, 0.29) is 17.6 Å². The van der Waals surface area contributed by atoms with E-state index in [0.717, 1.165) is 56.2 Å². The van der Waals surface area contributed by atoms with Gasteiger partial charge in [-0.05, 0) is 49.9 Å². The van der Waals surface area contributed by atoms with Crippen LogP contribution in [0.3, 0.4) is 0 Å². The van der Waals surface area contributed by atoms with Gasteiger partial charge in [-0.1, -0.05) is 37.3 Å². The molecule has 1 aliphatic rings. The Kier molecular flexibility index (Phi) is 9.18. The Hall–Kier alpha value is -3.56. The lowest BCUT2D eigenvalue weighted by Gasteiger charge is -2.20. The second-order valence-corrected chi connectivity index (χ2v) is 9.00. The van der Waals surface area contributed by atoms with Gasteiger partial charge in [-0.25, -0.2) is 19.0 Å². The van der Waals surface area contributed by atoms with Crippen LogP contribution >= 0.6 is 0 Å². The average Bonchev–Trinajstić information content (AvgIpc) is 3.40. The predicted octanol–water partition coefficient (Wildman–Crippen LogP) is 5.63. The molecule has 0 saturated heterocycles. The summed E-state index contributed by atoms with van der Waals surface area (Å²) < 4.78 is 26.8. The van der Waals surface area contributed by atoms with Gasteiger partial charge in [-0.2, -0.15) is 0 Å². The number of anilines is 2. The Morgan fingerprint density at radius 1 is 1.11 bits per heavy atom. The van der Waals surface area contributed by atoms with Crippen molar-refractivity contribution in [3.8, 4) is 17.1 Å². The number of halogens is 1. The van der Waals surface area contributed by atoms with Gasteiger partial charge in [0.05, 0.1) is 32.2 Å². The predicted molar refractivity (Wildman–Crippen MR) is 133 cm³/mol. The molecule has 0 unspecified atom stereocenters. The maximum absolute atomic E-state index is 14.5. The van der Waals surface area contributed by atoms with Crippen LogP contribution in [-0.2, 0) is 9.53 Å². The van der Waals surface area contributed by atoms with Crippen LogP contribution in [0.1, 0.15) is 70.3 Å². The number of methoxy groups -OCH3 is 1. The highest BCUT2D eigenvalue weighted by Crippen LogP contribution is 2.29. The zero-order chi connectivity index (χ0) is 25.2. The first kappa shape index (κ1) is 25.5. The zero-order valence-corrected chi connectivity index (χ0v) is 20.7. The smallest absolute Gasteiger partial charge is 0.305 e. The van der Waals surface area contributed by atoms with E-state index < -0.39 is 5.82 Å². The number of unbranched alkanes of at least 4 members (excludes halogenated alkanes) is 3. The minimum Gasteiger partial charge on any atom is -0.494 e. The lowest BCUT2D eigenvalue weighted by molar-refractivity contribution is -0.140. The van der Waals surface area contributed by atoms with Gasteiger partial charge in [0.1, 0.15) is 17.1 Å². The minimum absolute atomic E-state index is 0.126. The highest BCUT2D eigenvalue weighted by Gasteiger charge is 2.19. The van der Waals surface area contributed by atoms with Gasteiger partial charge >= 0.3 is 5.97 Å². The summed E-state index contributed by atoms with van der Waals surface area (Å²) in [6, 6.07) is 7.75. The molecular weight excluding hydrogens is 463 g/mol. The monoisotopic (exact) mass is 496 g/mol. The van der Waals surface area contributed by atoms with E-state index in [2.05, 4.69) is 30.3 Å². The molecule has 192 valence electrons. The van der Waals surface area contributed by atoms with Crippen molar-refractivity contribution in [1.82, 2.24) is 25.0 Å². The summed E-state index contributed by atoms with van der Waals surface area (Å²) in [6.45, 7) is 0.608. The Balaban J connectivity index is 1.27. The largest absolute Gasteiger partial charge is 0.494 e. The second kappa shape index (κ2) is 12.9. The standard InChI is InChI=1S/C26H33FN6O3/c1-35-24(34)11-7-2-3-8-16-36-21-14-12-19(13-15-21)29-26-28-17-22(27)25(30-26)23-18-33(32-31-23)20-9-5-4-6-10-20/h12-15,17-18,20H,2-11,16H2,1H3,(H,28,29,30). The third-order valence-corrected chi connectivity index (χ3v) is 6.33. The molecule has 0 bridgehead atoms. The summed E-state index contributed by atoms with van der Waals surface area (Å²) in [5.74, 6) is 0.337. The van der Waals surface area contributed by atoms with Crippen molar-refractivity contribution >= 4 is 17.6 Å². The van der Waals surface area contributed by atoms with Crippen LogP contribution in [0.15, 0.2) is 36.7 Å². The molecule has 2 aromatic heterocycles. The SMILES string of the molecule is COC(=O)CCCCCCOc1ccc(Nc2ncc(F)c(-c3cn(C4CCCCC4)nn3)n2)cc1. The molecule has 3 aromatic rings. The molecule has 1 aliphatic carbocycles. The second-order valence-electron chi connectivity index (χ2n) is 9.00. The molecule has 9 nitrogen and oxygen atoms in total. The summed E-state index contributed by atoms with van der Waals surface area (Å²) >= 11 is 0. The molecule has 1 fully saturated rings. The summed E-state index contributed by atoms with van der Waals surface area (Å²) in [7, 11) is 1.41. The highest BCUT2D eigenvalue weighted by atomic mass is 19.1. The number of hydrogen-bond donors (Lipinski definition) is 1. The van der Waals surface area contributed by atoms with Crippen LogP contribution in [0.25, 0.3) is 11.4 Å². The first-order chi connectivity index (χ1) is 17.6. The fourth-order valence-corrected chi connectivity index (χ4v) is 4.30. The molecule has 4 rings (SSSR count). The molecule has 0 atom stereocenters. The quantitative estimate of drug-likeness (QED) is 0.254. The lowest BCUT2D eigenvalue weighted by Crippen LogP contribution is -2.13. The van der Waals surface area contributed by atoms with Crippen LogP contribution in [0.5, 0.6) is 5.75 Å². The Bertz CT molecular complexity index is 1120. The number of nitrogens with zero attached hydrogens (tertiary/aromatic N) is 5. The van der Waals surface area contributed by atoms with Gasteiger partial charge in [0.2, 0.25) is 5.95 Å². The van der Waals surface area contributed by atoms with Crippen molar-refractivity contribution in [2.45, 2.75) is 70.3 Å². The number of esters is 1. The molecule has 0 spiro atoms. The Labute approximate surface area is 210 Å². The molecule has 10 heteroatoms. The summed E-state index contributed by atoms with van der Waals surface area (Å²) in [4.78, 5) is 19.5. The van der Waals surface area contributed by atoms with Crippen molar-refractivity contribution in [3.05, 3.63) is 42.5 Å². The van der Waals surface area contributed by atoms with Crippen LogP contribution < -0.4 is 10.1 Å². The lowest BCUT2D eigenvalue weighted by atomic mass is 9.96.